The number of hydrogen-bond acceptors (Lipinski definition) is 3. The molecule has 1 amide bonds. The molecule has 94 valence electrons. The molecule has 1 aromatic rings. The minimum absolute atomic E-state index is 0.0210. The van der Waals surface area contributed by atoms with Crippen molar-refractivity contribution in [2.75, 3.05) is 19.9 Å². The normalized spacial score (nSPS) is 12.2. The Balaban J connectivity index is 2.75. The van der Waals surface area contributed by atoms with E-state index in [1.807, 2.05) is 31.2 Å². The molecule has 0 radical (unpaired) electrons. The van der Waals surface area contributed by atoms with E-state index in [2.05, 4.69) is 6.26 Å². The molecule has 1 N–H and O–H groups in total. The van der Waals surface area contributed by atoms with E-state index in [-0.39, 0.29) is 18.6 Å². The summed E-state index contributed by atoms with van der Waals surface area (Å²) in [5, 5.41) is 9.02. The van der Waals surface area contributed by atoms with Gasteiger partial charge >= 0.3 is 0 Å². The van der Waals surface area contributed by atoms with Gasteiger partial charge in [-0.2, -0.15) is 11.8 Å². The Kier molecular flexibility index (Phi) is 5.51. The number of benzene rings is 1. The van der Waals surface area contributed by atoms with Crippen LogP contribution in [-0.4, -0.2) is 41.9 Å². The molecule has 0 saturated heterocycles. The lowest BCUT2D eigenvalue weighted by atomic mass is 10.1. The van der Waals surface area contributed by atoms with Crippen molar-refractivity contribution in [3.05, 3.63) is 35.4 Å². The van der Waals surface area contributed by atoms with E-state index in [9.17, 15) is 4.79 Å². The highest BCUT2D eigenvalue weighted by Crippen LogP contribution is 2.12. The van der Waals surface area contributed by atoms with E-state index >= 15 is 0 Å². The third-order valence-electron chi connectivity index (χ3n) is 2.76. The van der Waals surface area contributed by atoms with Gasteiger partial charge in [0.05, 0.1) is 12.6 Å². The van der Waals surface area contributed by atoms with Crippen LogP contribution in [0.15, 0.2) is 24.3 Å². The SMILES string of the molecule is CSCc1ccc(C(=O)N(C)C(C)CO)cc1. The molecule has 0 bridgehead atoms. The number of carbonyl (C=O) groups is 1. The van der Waals surface area contributed by atoms with Crippen LogP contribution in [0.25, 0.3) is 0 Å². The highest BCUT2D eigenvalue weighted by molar-refractivity contribution is 7.97. The van der Waals surface area contributed by atoms with Crippen LogP contribution in [0.3, 0.4) is 0 Å². The van der Waals surface area contributed by atoms with Gasteiger partial charge in [-0.3, -0.25) is 4.79 Å². The zero-order chi connectivity index (χ0) is 12.8. The molecular formula is C13H19NO2S. The molecule has 0 aliphatic carbocycles. The highest BCUT2D eigenvalue weighted by Gasteiger charge is 2.16. The van der Waals surface area contributed by atoms with Gasteiger partial charge in [0.15, 0.2) is 0 Å². The summed E-state index contributed by atoms with van der Waals surface area (Å²) in [5.41, 5.74) is 1.88. The summed E-state index contributed by atoms with van der Waals surface area (Å²) in [4.78, 5) is 13.6. The fourth-order valence-electron chi connectivity index (χ4n) is 1.44. The Bertz CT molecular complexity index is 364. The number of rotatable bonds is 5. The molecule has 1 rings (SSSR count). The fourth-order valence-corrected chi connectivity index (χ4v) is 1.96. The number of aliphatic hydroxyl groups excluding tert-OH is 1. The van der Waals surface area contributed by atoms with Gasteiger partial charge in [-0.25, -0.2) is 0 Å². The van der Waals surface area contributed by atoms with Crippen molar-refractivity contribution in [3.63, 3.8) is 0 Å². The molecule has 1 aromatic carbocycles. The summed E-state index contributed by atoms with van der Waals surface area (Å²) in [6.07, 6.45) is 2.05. The second-order valence-corrected chi connectivity index (χ2v) is 4.94. The molecule has 1 atom stereocenters. The van der Waals surface area contributed by atoms with E-state index in [4.69, 9.17) is 5.11 Å². The predicted molar refractivity (Wildman–Crippen MR) is 72.3 cm³/mol. The average Bonchev–Trinajstić information content (AvgIpc) is 2.37. The lowest BCUT2D eigenvalue weighted by Gasteiger charge is -2.23. The van der Waals surface area contributed by atoms with Crippen molar-refractivity contribution in [1.82, 2.24) is 4.90 Å². The molecule has 0 aliphatic heterocycles. The zero-order valence-electron chi connectivity index (χ0n) is 10.5. The lowest BCUT2D eigenvalue weighted by molar-refractivity contribution is 0.0682. The Morgan fingerprint density at radius 3 is 2.47 bits per heavy atom. The molecule has 1 unspecified atom stereocenters. The predicted octanol–water partition coefficient (Wildman–Crippen LogP) is 2.00. The quantitative estimate of drug-likeness (QED) is 0.872. The van der Waals surface area contributed by atoms with Crippen LogP contribution < -0.4 is 0 Å². The van der Waals surface area contributed by atoms with E-state index in [0.717, 1.165) is 5.75 Å². The molecule has 0 saturated carbocycles. The minimum atomic E-state index is -0.159. The maximum atomic E-state index is 12.0. The van der Waals surface area contributed by atoms with Gasteiger partial charge in [-0.15, -0.1) is 0 Å². The number of thioether (sulfide) groups is 1. The molecular weight excluding hydrogens is 234 g/mol. The second-order valence-electron chi connectivity index (χ2n) is 4.08. The van der Waals surface area contributed by atoms with Crippen LogP contribution in [0.5, 0.6) is 0 Å². The molecule has 0 spiro atoms. The van der Waals surface area contributed by atoms with Gasteiger partial charge in [0.25, 0.3) is 5.91 Å². The van der Waals surface area contributed by atoms with Crippen molar-refractivity contribution in [2.45, 2.75) is 18.7 Å². The van der Waals surface area contributed by atoms with Crippen molar-refractivity contribution in [2.24, 2.45) is 0 Å². The van der Waals surface area contributed by atoms with E-state index < -0.39 is 0 Å². The summed E-state index contributed by atoms with van der Waals surface area (Å²) in [5.74, 6) is 0.902. The summed E-state index contributed by atoms with van der Waals surface area (Å²) < 4.78 is 0. The van der Waals surface area contributed by atoms with Crippen molar-refractivity contribution in [1.29, 1.82) is 0 Å². The topological polar surface area (TPSA) is 40.5 Å². The van der Waals surface area contributed by atoms with Crippen molar-refractivity contribution < 1.29 is 9.90 Å². The number of hydrogen-bond donors (Lipinski definition) is 1. The number of nitrogens with zero attached hydrogens (tertiary/aromatic N) is 1. The van der Waals surface area contributed by atoms with Crippen LogP contribution in [-0.2, 0) is 5.75 Å². The first-order chi connectivity index (χ1) is 8.10. The molecule has 3 nitrogen and oxygen atoms in total. The monoisotopic (exact) mass is 253 g/mol. The first-order valence-electron chi connectivity index (χ1n) is 5.56. The standard InChI is InChI=1S/C13H19NO2S/c1-10(8-15)14(2)13(16)12-6-4-11(5-7-12)9-17-3/h4-7,10,15H,8-9H2,1-3H3. The van der Waals surface area contributed by atoms with Crippen LogP contribution in [0.1, 0.15) is 22.8 Å². The van der Waals surface area contributed by atoms with Crippen molar-refractivity contribution >= 4 is 17.7 Å². The lowest BCUT2D eigenvalue weighted by Crippen LogP contribution is -2.37. The maximum absolute atomic E-state index is 12.0. The number of likely N-dealkylation sites (N-methyl/N-ethyl adjacent to an activating group) is 1. The molecule has 0 aromatic heterocycles. The first kappa shape index (κ1) is 14.1. The van der Waals surface area contributed by atoms with Gasteiger partial charge in [0, 0.05) is 18.4 Å². The minimum Gasteiger partial charge on any atom is -0.394 e. The fraction of sp³-hybridized carbons (Fsp3) is 0.462. The third-order valence-corrected chi connectivity index (χ3v) is 3.38. The molecule has 0 fully saturated rings. The highest BCUT2D eigenvalue weighted by atomic mass is 32.2. The average molecular weight is 253 g/mol. The molecule has 4 heteroatoms. The Hall–Kier alpha value is -1.00. The van der Waals surface area contributed by atoms with Gasteiger partial charge < -0.3 is 10.0 Å². The van der Waals surface area contributed by atoms with Crippen molar-refractivity contribution in [3.8, 4) is 0 Å². The van der Waals surface area contributed by atoms with Gasteiger partial charge in [-0.1, -0.05) is 12.1 Å². The smallest absolute Gasteiger partial charge is 0.253 e. The van der Waals surface area contributed by atoms with Gasteiger partial charge in [-0.05, 0) is 30.9 Å². The third kappa shape index (κ3) is 3.75. The van der Waals surface area contributed by atoms with Crippen LogP contribution in [0, 0.1) is 0 Å². The summed E-state index contributed by atoms with van der Waals surface area (Å²) >= 11 is 1.76. The van der Waals surface area contributed by atoms with E-state index in [0.29, 0.717) is 5.56 Å². The molecule has 0 heterocycles. The summed E-state index contributed by atoms with van der Waals surface area (Å²) in [6.45, 7) is 1.80. The Morgan fingerprint density at radius 2 is 2.00 bits per heavy atom. The van der Waals surface area contributed by atoms with Crippen LogP contribution in [0.4, 0.5) is 0 Å². The maximum Gasteiger partial charge on any atom is 0.253 e. The summed E-state index contributed by atoms with van der Waals surface area (Å²) in [6, 6.07) is 7.47. The second kappa shape index (κ2) is 6.67. The van der Waals surface area contributed by atoms with Gasteiger partial charge in [0.1, 0.15) is 0 Å². The largest absolute Gasteiger partial charge is 0.394 e. The Morgan fingerprint density at radius 1 is 1.41 bits per heavy atom. The molecule has 17 heavy (non-hydrogen) atoms. The van der Waals surface area contributed by atoms with E-state index in [1.165, 1.54) is 5.56 Å². The number of carbonyl (C=O) groups excluding carboxylic acids is 1. The first-order valence-corrected chi connectivity index (χ1v) is 6.95. The Labute approximate surface area is 107 Å². The van der Waals surface area contributed by atoms with Crippen LogP contribution >= 0.6 is 11.8 Å². The van der Waals surface area contributed by atoms with E-state index in [1.54, 1.807) is 23.7 Å². The van der Waals surface area contributed by atoms with Crippen LogP contribution in [0.2, 0.25) is 0 Å². The summed E-state index contributed by atoms with van der Waals surface area (Å²) in [7, 11) is 1.71. The van der Waals surface area contributed by atoms with Gasteiger partial charge in [0.2, 0.25) is 0 Å². The number of aliphatic hydroxyl groups is 1. The molecule has 0 aliphatic rings. The number of amides is 1. The zero-order valence-corrected chi connectivity index (χ0v) is 11.3.